The molecule has 2 fully saturated rings. The summed E-state index contributed by atoms with van der Waals surface area (Å²) in [5.74, 6) is -2.41. The van der Waals surface area contributed by atoms with Crippen LogP contribution in [-0.2, 0) is 20.9 Å². The van der Waals surface area contributed by atoms with E-state index in [1.54, 1.807) is 0 Å². The van der Waals surface area contributed by atoms with E-state index in [4.69, 9.17) is 0 Å². The van der Waals surface area contributed by atoms with Crippen LogP contribution >= 0.6 is 0 Å². The minimum Gasteiger partial charge on any atom is -0.479 e. The molecule has 1 saturated carbocycles. The summed E-state index contributed by atoms with van der Waals surface area (Å²) in [4.78, 5) is 51.7. The second kappa shape index (κ2) is 10.1. The summed E-state index contributed by atoms with van der Waals surface area (Å²) in [5.41, 5.74) is -0.400. The number of urea groups is 1. The van der Waals surface area contributed by atoms with Gasteiger partial charge in [0, 0.05) is 19.0 Å². The molecule has 1 heterocycles. The van der Waals surface area contributed by atoms with Crippen LogP contribution in [0.1, 0.15) is 38.7 Å². The number of nitrogens with one attached hydrogen (secondary N) is 3. The third-order valence-corrected chi connectivity index (χ3v) is 6.38. The molecule has 178 valence electrons. The average Bonchev–Trinajstić information content (AvgIpc) is 3.28. The molecular formula is C24H32N4O5. The number of benzene rings is 1. The third-order valence-electron chi connectivity index (χ3n) is 6.38. The molecule has 4 atom stereocenters. The van der Waals surface area contributed by atoms with Gasteiger partial charge in [-0.05, 0) is 30.7 Å². The lowest BCUT2D eigenvalue weighted by atomic mass is 10.0. The standard InChI is InChI=1S/C24H32N4O5/c1-4-17-13-24(17,22(31)32)27-20(29)18-11-8-12-28(18)23(33)26-19(15(2)3)21(30)25-14-16-9-6-5-7-10-16/h4-7,9-10,15,17-19H,1,8,11-14H2,2-3H3,(H,25,30)(H,26,33)(H,27,29)(H,31,32)/t17?,18-,19-,24+/m0/s1. The van der Waals surface area contributed by atoms with Crippen molar-refractivity contribution in [1.29, 1.82) is 0 Å². The zero-order valence-corrected chi connectivity index (χ0v) is 19.0. The van der Waals surface area contributed by atoms with Crippen molar-refractivity contribution in [3.05, 3.63) is 48.6 Å². The maximum atomic E-state index is 13.0. The van der Waals surface area contributed by atoms with Gasteiger partial charge in [-0.1, -0.05) is 50.3 Å². The molecule has 9 heteroatoms. The second-order valence-electron chi connectivity index (χ2n) is 9.04. The van der Waals surface area contributed by atoms with E-state index in [9.17, 15) is 24.3 Å². The monoisotopic (exact) mass is 456 g/mol. The topological polar surface area (TPSA) is 128 Å². The van der Waals surface area contributed by atoms with Gasteiger partial charge in [-0.15, -0.1) is 6.58 Å². The van der Waals surface area contributed by atoms with Gasteiger partial charge in [0.1, 0.15) is 17.6 Å². The highest BCUT2D eigenvalue weighted by Gasteiger charge is 2.61. The van der Waals surface area contributed by atoms with E-state index < -0.39 is 35.5 Å². The molecule has 1 unspecified atom stereocenters. The summed E-state index contributed by atoms with van der Waals surface area (Å²) in [5, 5.41) is 17.8. The van der Waals surface area contributed by atoms with Crippen molar-refractivity contribution in [2.45, 2.75) is 57.3 Å². The van der Waals surface area contributed by atoms with Crippen LogP contribution in [0.25, 0.3) is 0 Å². The molecule has 0 aromatic heterocycles. The van der Waals surface area contributed by atoms with Gasteiger partial charge < -0.3 is 26.0 Å². The minimum absolute atomic E-state index is 0.172. The molecule has 1 aromatic rings. The summed E-state index contributed by atoms with van der Waals surface area (Å²) in [6, 6.07) is 7.39. The number of hydrogen-bond acceptors (Lipinski definition) is 4. The van der Waals surface area contributed by atoms with Crippen LogP contribution in [0.4, 0.5) is 4.79 Å². The van der Waals surface area contributed by atoms with Crippen molar-refractivity contribution < 1.29 is 24.3 Å². The van der Waals surface area contributed by atoms with Gasteiger partial charge in [0.15, 0.2) is 0 Å². The smallest absolute Gasteiger partial charge is 0.330 e. The van der Waals surface area contributed by atoms with Crippen LogP contribution < -0.4 is 16.0 Å². The van der Waals surface area contributed by atoms with E-state index in [1.807, 2.05) is 44.2 Å². The Morgan fingerprint density at radius 1 is 1.24 bits per heavy atom. The first-order chi connectivity index (χ1) is 15.7. The van der Waals surface area contributed by atoms with Crippen molar-refractivity contribution in [3.63, 3.8) is 0 Å². The molecule has 3 rings (SSSR count). The lowest BCUT2D eigenvalue weighted by Crippen LogP contribution is -2.57. The molecule has 33 heavy (non-hydrogen) atoms. The Bertz CT molecular complexity index is 919. The van der Waals surface area contributed by atoms with Crippen molar-refractivity contribution in [3.8, 4) is 0 Å². The molecular weight excluding hydrogens is 424 g/mol. The van der Waals surface area contributed by atoms with Crippen LogP contribution in [0.5, 0.6) is 0 Å². The fraction of sp³-hybridized carbons (Fsp3) is 0.500. The lowest BCUT2D eigenvalue weighted by Gasteiger charge is -2.29. The summed E-state index contributed by atoms with van der Waals surface area (Å²) in [7, 11) is 0. The van der Waals surface area contributed by atoms with Crippen molar-refractivity contribution >= 4 is 23.8 Å². The van der Waals surface area contributed by atoms with Gasteiger partial charge in [-0.25, -0.2) is 9.59 Å². The maximum absolute atomic E-state index is 13.0. The van der Waals surface area contributed by atoms with Gasteiger partial charge >= 0.3 is 12.0 Å². The zero-order valence-electron chi connectivity index (χ0n) is 19.0. The number of carboxylic acids is 1. The van der Waals surface area contributed by atoms with Crippen LogP contribution in [-0.4, -0.2) is 58.0 Å². The number of nitrogens with zero attached hydrogens (tertiary/aromatic N) is 1. The van der Waals surface area contributed by atoms with Gasteiger partial charge in [-0.3, -0.25) is 9.59 Å². The highest BCUT2D eigenvalue weighted by Crippen LogP contribution is 2.44. The van der Waals surface area contributed by atoms with Crippen molar-refractivity contribution in [2.75, 3.05) is 6.54 Å². The SMILES string of the molecule is C=CC1C[C@]1(NC(=O)[C@@H]1CCCN1C(=O)N[C@H](C(=O)NCc1ccccc1)C(C)C)C(=O)O. The Balaban J connectivity index is 1.61. The highest BCUT2D eigenvalue weighted by atomic mass is 16.4. The first-order valence-corrected chi connectivity index (χ1v) is 11.3. The highest BCUT2D eigenvalue weighted by molar-refractivity contribution is 5.95. The van der Waals surface area contributed by atoms with E-state index in [1.165, 1.54) is 11.0 Å². The predicted octanol–water partition coefficient (Wildman–Crippen LogP) is 1.65. The van der Waals surface area contributed by atoms with Crippen LogP contribution in [0, 0.1) is 11.8 Å². The quantitative estimate of drug-likeness (QED) is 0.420. The van der Waals surface area contributed by atoms with Gasteiger partial charge in [0.2, 0.25) is 11.8 Å². The Morgan fingerprint density at radius 2 is 1.94 bits per heavy atom. The minimum atomic E-state index is -1.35. The van der Waals surface area contributed by atoms with E-state index in [0.717, 1.165) is 5.56 Å². The number of likely N-dealkylation sites (tertiary alicyclic amines) is 1. The number of carboxylic acid groups (broad SMARTS) is 1. The lowest BCUT2D eigenvalue weighted by molar-refractivity contribution is -0.144. The van der Waals surface area contributed by atoms with E-state index >= 15 is 0 Å². The molecule has 1 aliphatic carbocycles. The fourth-order valence-electron chi connectivity index (χ4n) is 4.25. The number of carbonyl (C=O) groups is 4. The summed E-state index contributed by atoms with van der Waals surface area (Å²) in [6.45, 7) is 7.98. The molecule has 4 amide bonds. The number of aliphatic carboxylic acids is 1. The number of carbonyl (C=O) groups excluding carboxylic acids is 3. The average molecular weight is 457 g/mol. The van der Waals surface area contributed by atoms with Crippen LogP contribution in [0.15, 0.2) is 43.0 Å². The predicted molar refractivity (Wildman–Crippen MR) is 122 cm³/mol. The Kier molecular flexibility index (Phi) is 7.40. The molecule has 1 saturated heterocycles. The van der Waals surface area contributed by atoms with Crippen LogP contribution in [0.2, 0.25) is 0 Å². The Labute approximate surface area is 193 Å². The van der Waals surface area contributed by atoms with Gasteiger partial charge in [0.25, 0.3) is 0 Å². The first kappa shape index (κ1) is 24.3. The zero-order chi connectivity index (χ0) is 24.2. The molecule has 1 aromatic carbocycles. The second-order valence-corrected chi connectivity index (χ2v) is 9.04. The molecule has 0 radical (unpaired) electrons. The number of amides is 4. The summed E-state index contributed by atoms with van der Waals surface area (Å²) >= 11 is 0. The van der Waals surface area contributed by atoms with E-state index in [2.05, 4.69) is 22.5 Å². The summed E-state index contributed by atoms with van der Waals surface area (Å²) in [6.07, 6.45) is 2.85. The molecule has 4 N–H and O–H groups in total. The molecule has 2 aliphatic rings. The van der Waals surface area contributed by atoms with Gasteiger partial charge in [0.05, 0.1) is 0 Å². The van der Waals surface area contributed by atoms with E-state index in [-0.39, 0.29) is 24.2 Å². The van der Waals surface area contributed by atoms with Crippen molar-refractivity contribution in [2.24, 2.45) is 11.8 Å². The largest absolute Gasteiger partial charge is 0.479 e. The molecule has 0 spiro atoms. The van der Waals surface area contributed by atoms with Crippen LogP contribution in [0.3, 0.4) is 0 Å². The summed E-state index contributed by atoms with van der Waals surface area (Å²) < 4.78 is 0. The number of hydrogen-bond donors (Lipinski definition) is 4. The fourth-order valence-corrected chi connectivity index (χ4v) is 4.25. The normalized spacial score (nSPS) is 24.6. The Hall–Kier alpha value is -3.36. The maximum Gasteiger partial charge on any atom is 0.330 e. The molecule has 9 nitrogen and oxygen atoms in total. The third kappa shape index (κ3) is 5.35. The number of rotatable bonds is 9. The van der Waals surface area contributed by atoms with Gasteiger partial charge in [-0.2, -0.15) is 0 Å². The molecule has 1 aliphatic heterocycles. The molecule has 0 bridgehead atoms. The Morgan fingerprint density at radius 3 is 2.52 bits per heavy atom. The van der Waals surface area contributed by atoms with E-state index in [0.29, 0.717) is 25.9 Å². The first-order valence-electron chi connectivity index (χ1n) is 11.3. The van der Waals surface area contributed by atoms with Crippen molar-refractivity contribution in [1.82, 2.24) is 20.9 Å².